The molecule has 1 aliphatic heterocycles. The largest absolute Gasteiger partial charge is 0.452 e. The van der Waals surface area contributed by atoms with Gasteiger partial charge in [0.05, 0.1) is 12.8 Å². The van der Waals surface area contributed by atoms with Crippen LogP contribution in [0.4, 0.5) is 15.3 Å². The van der Waals surface area contributed by atoms with Crippen LogP contribution in [0.3, 0.4) is 0 Å². The van der Waals surface area contributed by atoms with Gasteiger partial charge in [-0.05, 0) is 61.9 Å². The van der Waals surface area contributed by atoms with Crippen LogP contribution in [-0.2, 0) is 14.3 Å². The molecule has 0 bridgehead atoms. The second kappa shape index (κ2) is 8.07. The van der Waals surface area contributed by atoms with Gasteiger partial charge in [0.25, 0.3) is 5.91 Å². The lowest BCUT2D eigenvalue weighted by Crippen LogP contribution is -2.38. The molecule has 0 saturated heterocycles. The quantitative estimate of drug-likeness (QED) is 0.611. The van der Waals surface area contributed by atoms with Gasteiger partial charge in [-0.1, -0.05) is 12.1 Å². The van der Waals surface area contributed by atoms with Gasteiger partial charge in [-0.2, -0.15) is 0 Å². The highest BCUT2D eigenvalue weighted by molar-refractivity contribution is 14.1. The molecular formula is C18H21IN2O5. The van der Waals surface area contributed by atoms with E-state index < -0.39 is 23.7 Å². The molecule has 1 aromatic carbocycles. The highest BCUT2D eigenvalue weighted by Gasteiger charge is 2.33. The number of nitrogens with zero attached hydrogens (tertiary/aromatic N) is 2. The number of imide groups is 1. The van der Waals surface area contributed by atoms with Crippen molar-refractivity contribution in [1.29, 1.82) is 0 Å². The second-order valence-electron chi connectivity index (χ2n) is 6.64. The fourth-order valence-corrected chi connectivity index (χ4v) is 2.97. The third kappa shape index (κ3) is 4.75. The van der Waals surface area contributed by atoms with E-state index >= 15 is 0 Å². The van der Waals surface area contributed by atoms with Crippen LogP contribution in [0.25, 0.3) is 0 Å². The number of ether oxygens (including phenoxy) is 2. The van der Waals surface area contributed by atoms with Gasteiger partial charge in [-0.25, -0.2) is 14.5 Å². The zero-order valence-electron chi connectivity index (χ0n) is 15.1. The average molecular weight is 472 g/mol. The van der Waals surface area contributed by atoms with Gasteiger partial charge in [-0.15, -0.1) is 0 Å². The minimum Gasteiger partial charge on any atom is -0.452 e. The van der Waals surface area contributed by atoms with Crippen molar-refractivity contribution in [2.75, 3.05) is 18.6 Å². The van der Waals surface area contributed by atoms with Gasteiger partial charge in [0.15, 0.2) is 0 Å². The van der Waals surface area contributed by atoms with Crippen LogP contribution < -0.4 is 4.90 Å². The summed E-state index contributed by atoms with van der Waals surface area (Å²) in [5.41, 5.74) is 0.137. The number of halogens is 1. The van der Waals surface area contributed by atoms with Gasteiger partial charge in [0, 0.05) is 21.9 Å². The molecule has 0 aliphatic carbocycles. The Morgan fingerprint density at radius 3 is 2.42 bits per heavy atom. The van der Waals surface area contributed by atoms with Gasteiger partial charge in [0.2, 0.25) is 0 Å². The Labute approximate surface area is 166 Å². The Bertz CT molecular complexity index is 754. The Morgan fingerprint density at radius 1 is 1.19 bits per heavy atom. The van der Waals surface area contributed by atoms with Crippen LogP contribution in [0.5, 0.6) is 0 Å². The van der Waals surface area contributed by atoms with Crippen molar-refractivity contribution in [2.24, 2.45) is 0 Å². The molecule has 0 unspecified atom stereocenters. The first-order valence-corrected chi connectivity index (χ1v) is 9.09. The molecule has 1 heterocycles. The highest BCUT2D eigenvalue weighted by Crippen LogP contribution is 2.27. The normalized spacial score (nSPS) is 13.9. The van der Waals surface area contributed by atoms with E-state index in [1.807, 2.05) is 28.7 Å². The average Bonchev–Trinajstić information content (AvgIpc) is 3.05. The number of rotatable bonds is 2. The third-order valence-electron chi connectivity index (χ3n) is 3.49. The Hall–Kier alpha value is -2.10. The molecule has 140 valence electrons. The minimum atomic E-state index is -0.782. The summed E-state index contributed by atoms with van der Waals surface area (Å²) < 4.78 is 10.8. The molecule has 2 rings (SSSR count). The van der Waals surface area contributed by atoms with E-state index in [1.54, 1.807) is 39.0 Å². The number of methoxy groups -OCH3 is 1. The molecule has 0 fully saturated rings. The Morgan fingerprint density at radius 2 is 1.85 bits per heavy atom. The molecule has 1 aromatic rings. The summed E-state index contributed by atoms with van der Waals surface area (Å²) in [4.78, 5) is 39.6. The zero-order valence-corrected chi connectivity index (χ0v) is 17.3. The molecule has 1 aliphatic rings. The van der Waals surface area contributed by atoms with Crippen LogP contribution in [0.1, 0.15) is 27.2 Å². The van der Waals surface area contributed by atoms with Crippen LogP contribution >= 0.6 is 22.6 Å². The number of hydrogen-bond acceptors (Lipinski definition) is 5. The van der Waals surface area contributed by atoms with Crippen LogP contribution in [0.2, 0.25) is 0 Å². The smallest absolute Gasteiger partial charge is 0.421 e. The van der Waals surface area contributed by atoms with Gasteiger partial charge >= 0.3 is 12.2 Å². The number of benzene rings is 1. The Balaban J connectivity index is 2.27. The highest BCUT2D eigenvalue weighted by atomic mass is 127. The fourth-order valence-electron chi connectivity index (χ4n) is 2.34. The van der Waals surface area contributed by atoms with Crippen molar-refractivity contribution >= 4 is 46.4 Å². The summed E-state index contributed by atoms with van der Waals surface area (Å²) in [6, 6.07) is 6.99. The van der Waals surface area contributed by atoms with Crippen molar-refractivity contribution in [3.8, 4) is 0 Å². The standard InChI is InChI=1S/C18H21IN2O5/c1-18(2,3)26-16(23)20-10-9-12(11-20)15(22)21(17(24)25-4)14-8-6-5-7-13(14)19/h5-8,11H,9-10H2,1-4H3. The van der Waals surface area contributed by atoms with Crippen LogP contribution in [0.15, 0.2) is 36.0 Å². The van der Waals surface area contributed by atoms with Crippen molar-refractivity contribution in [2.45, 2.75) is 32.8 Å². The van der Waals surface area contributed by atoms with E-state index in [0.29, 0.717) is 24.2 Å². The van der Waals surface area contributed by atoms with Gasteiger partial charge in [0.1, 0.15) is 5.60 Å². The van der Waals surface area contributed by atoms with E-state index in [-0.39, 0.29) is 0 Å². The summed E-state index contributed by atoms with van der Waals surface area (Å²) in [5, 5.41) is 0. The zero-order chi connectivity index (χ0) is 19.5. The molecule has 0 spiro atoms. The molecule has 0 saturated carbocycles. The topological polar surface area (TPSA) is 76.2 Å². The first-order valence-electron chi connectivity index (χ1n) is 8.01. The van der Waals surface area contributed by atoms with Gasteiger partial charge < -0.3 is 9.47 Å². The van der Waals surface area contributed by atoms with Crippen molar-refractivity contribution in [3.05, 3.63) is 39.6 Å². The van der Waals surface area contributed by atoms with E-state index in [9.17, 15) is 14.4 Å². The van der Waals surface area contributed by atoms with E-state index in [4.69, 9.17) is 9.47 Å². The second-order valence-corrected chi connectivity index (χ2v) is 7.80. The maximum atomic E-state index is 12.9. The number of carbonyl (C=O) groups excluding carboxylic acids is 3. The van der Waals surface area contributed by atoms with Crippen molar-refractivity contribution in [3.63, 3.8) is 0 Å². The van der Waals surface area contributed by atoms with E-state index in [0.717, 1.165) is 8.47 Å². The molecule has 0 atom stereocenters. The molecule has 26 heavy (non-hydrogen) atoms. The monoisotopic (exact) mass is 472 g/mol. The van der Waals surface area contributed by atoms with E-state index in [2.05, 4.69) is 0 Å². The van der Waals surface area contributed by atoms with Crippen molar-refractivity contribution < 1.29 is 23.9 Å². The van der Waals surface area contributed by atoms with Gasteiger partial charge in [-0.3, -0.25) is 9.69 Å². The van der Waals surface area contributed by atoms with Crippen LogP contribution in [-0.4, -0.2) is 42.2 Å². The molecule has 0 N–H and O–H groups in total. The molecule has 8 heteroatoms. The Kier molecular flexibility index (Phi) is 6.27. The number of para-hydroxylation sites is 1. The summed E-state index contributed by atoms with van der Waals surface area (Å²) in [7, 11) is 1.22. The summed E-state index contributed by atoms with van der Waals surface area (Å²) >= 11 is 2.05. The fraction of sp³-hybridized carbons (Fsp3) is 0.389. The predicted octanol–water partition coefficient (Wildman–Crippen LogP) is 3.92. The SMILES string of the molecule is COC(=O)N(C(=O)C1=CN(C(=O)OC(C)(C)C)CC1)c1ccccc1I. The minimum absolute atomic E-state index is 0.316. The first-order chi connectivity index (χ1) is 12.1. The lowest BCUT2D eigenvalue weighted by Gasteiger charge is -2.23. The third-order valence-corrected chi connectivity index (χ3v) is 4.40. The maximum Gasteiger partial charge on any atom is 0.421 e. The molecule has 0 aromatic heterocycles. The maximum absolute atomic E-state index is 12.9. The molecular weight excluding hydrogens is 451 g/mol. The molecule has 0 radical (unpaired) electrons. The van der Waals surface area contributed by atoms with Crippen LogP contribution in [0, 0.1) is 3.57 Å². The first kappa shape index (κ1) is 20.2. The predicted molar refractivity (Wildman–Crippen MR) is 105 cm³/mol. The number of anilines is 1. The van der Waals surface area contributed by atoms with Crippen molar-refractivity contribution in [1.82, 2.24) is 4.90 Å². The lowest BCUT2D eigenvalue weighted by atomic mass is 10.2. The summed E-state index contributed by atoms with van der Waals surface area (Å²) in [5.74, 6) is -0.521. The number of carbonyl (C=O) groups is 3. The summed E-state index contributed by atoms with van der Waals surface area (Å²) in [6.07, 6.45) is 0.451. The molecule has 7 nitrogen and oxygen atoms in total. The molecule has 3 amide bonds. The number of amides is 3. The summed E-state index contributed by atoms with van der Waals surface area (Å²) in [6.45, 7) is 5.63. The number of hydrogen-bond donors (Lipinski definition) is 0. The lowest BCUT2D eigenvalue weighted by molar-refractivity contribution is -0.114. The van der Waals surface area contributed by atoms with E-state index in [1.165, 1.54) is 18.2 Å².